The summed E-state index contributed by atoms with van der Waals surface area (Å²) < 4.78 is 6.57. The summed E-state index contributed by atoms with van der Waals surface area (Å²) in [7, 11) is 1.96. The van der Waals surface area contributed by atoms with E-state index >= 15 is 0 Å². The van der Waals surface area contributed by atoms with Gasteiger partial charge in [-0.05, 0) is 50.4 Å². The van der Waals surface area contributed by atoms with Gasteiger partial charge in [0.15, 0.2) is 0 Å². The Morgan fingerprint density at radius 3 is 2.66 bits per heavy atom. The lowest BCUT2D eigenvalue weighted by Crippen LogP contribution is -2.36. The zero-order valence-corrected chi connectivity index (χ0v) is 17.6. The number of anilines is 2. The molecule has 0 radical (unpaired) electrons. The number of para-hydroxylation sites is 1. The molecule has 1 aliphatic rings. The maximum absolute atomic E-state index is 12.5. The molecule has 2 aromatic carbocycles. The molecular weight excluding hydrogens is 384 g/mol. The number of carbonyl (C=O) groups excluding carboxylic acids is 1. The first kappa shape index (κ1) is 19.8. The first-order chi connectivity index (χ1) is 14.1. The molecule has 1 aliphatic heterocycles. The molecule has 2 heterocycles. The van der Waals surface area contributed by atoms with Crippen molar-refractivity contribution < 1.29 is 9.53 Å². The van der Waals surface area contributed by atoms with Crippen molar-refractivity contribution in [3.8, 4) is 0 Å². The largest absolute Gasteiger partial charge is 0.378 e. The molecule has 0 aliphatic carbocycles. The SMILES string of the molecule is C[C@H](c1nc2ccccc2s1)N(C)CC(=O)Nc1ccc(N2CCOCC2)cc1. The van der Waals surface area contributed by atoms with Gasteiger partial charge in [0.05, 0.1) is 36.0 Å². The van der Waals surface area contributed by atoms with Crippen LogP contribution < -0.4 is 10.2 Å². The zero-order chi connectivity index (χ0) is 20.2. The average molecular weight is 411 g/mol. The summed E-state index contributed by atoms with van der Waals surface area (Å²) in [6, 6.07) is 16.2. The number of ether oxygens (including phenoxy) is 1. The Bertz CT molecular complexity index is 933. The Balaban J connectivity index is 1.33. The quantitative estimate of drug-likeness (QED) is 0.670. The molecule has 152 valence electrons. The van der Waals surface area contributed by atoms with Crippen molar-refractivity contribution in [3.63, 3.8) is 0 Å². The molecule has 0 saturated carbocycles. The number of nitrogens with zero attached hydrogens (tertiary/aromatic N) is 3. The van der Waals surface area contributed by atoms with Gasteiger partial charge in [-0.25, -0.2) is 4.98 Å². The highest BCUT2D eigenvalue weighted by molar-refractivity contribution is 7.18. The van der Waals surface area contributed by atoms with Gasteiger partial charge in [-0.3, -0.25) is 9.69 Å². The number of hydrogen-bond donors (Lipinski definition) is 1. The number of rotatable bonds is 6. The minimum Gasteiger partial charge on any atom is -0.378 e. The van der Waals surface area contributed by atoms with Gasteiger partial charge < -0.3 is 15.0 Å². The van der Waals surface area contributed by atoms with Crippen LogP contribution in [0.1, 0.15) is 18.0 Å². The maximum Gasteiger partial charge on any atom is 0.238 e. The summed E-state index contributed by atoms with van der Waals surface area (Å²) in [4.78, 5) is 21.5. The normalized spacial score (nSPS) is 15.6. The fourth-order valence-corrected chi connectivity index (χ4v) is 4.48. The van der Waals surface area contributed by atoms with Crippen molar-refractivity contribution >= 4 is 38.8 Å². The molecule has 1 amide bonds. The first-order valence-corrected chi connectivity index (χ1v) is 10.7. The lowest BCUT2D eigenvalue weighted by atomic mass is 10.2. The number of thiazole rings is 1. The standard InChI is InChI=1S/C22H26N4O2S/c1-16(22-24-19-5-3-4-6-20(19)29-22)25(2)15-21(27)23-17-7-9-18(10-8-17)26-11-13-28-14-12-26/h3-10,16H,11-15H2,1-2H3,(H,23,27)/t16-/m1/s1. The second kappa shape index (κ2) is 8.90. The summed E-state index contributed by atoms with van der Waals surface area (Å²) in [5.74, 6) is -0.0282. The molecule has 1 saturated heterocycles. The van der Waals surface area contributed by atoms with E-state index in [1.54, 1.807) is 11.3 Å². The van der Waals surface area contributed by atoms with E-state index in [0.29, 0.717) is 6.54 Å². The fourth-order valence-electron chi connectivity index (χ4n) is 3.40. The van der Waals surface area contributed by atoms with Crippen LogP contribution in [0.3, 0.4) is 0 Å². The molecule has 29 heavy (non-hydrogen) atoms. The van der Waals surface area contributed by atoms with Crippen molar-refractivity contribution in [3.05, 3.63) is 53.5 Å². The highest BCUT2D eigenvalue weighted by Gasteiger charge is 2.19. The van der Waals surface area contributed by atoms with Crippen LogP contribution in [-0.2, 0) is 9.53 Å². The molecule has 0 bridgehead atoms. The van der Waals surface area contributed by atoms with E-state index in [1.165, 1.54) is 4.70 Å². The Kier molecular flexibility index (Phi) is 6.08. The molecule has 3 aromatic rings. The molecular formula is C22H26N4O2S. The molecule has 0 spiro atoms. The summed E-state index contributed by atoms with van der Waals surface area (Å²) in [6.45, 7) is 5.72. The minimum atomic E-state index is -0.0282. The van der Waals surface area contributed by atoms with Crippen LogP contribution in [-0.4, -0.2) is 55.7 Å². The zero-order valence-electron chi connectivity index (χ0n) is 16.8. The van der Waals surface area contributed by atoms with E-state index in [-0.39, 0.29) is 11.9 Å². The number of morpholine rings is 1. The first-order valence-electron chi connectivity index (χ1n) is 9.88. The van der Waals surface area contributed by atoms with Gasteiger partial charge >= 0.3 is 0 Å². The highest BCUT2D eigenvalue weighted by Crippen LogP contribution is 2.28. The number of likely N-dealkylation sites (N-methyl/N-ethyl adjacent to an activating group) is 1. The molecule has 6 nitrogen and oxygen atoms in total. The second-order valence-electron chi connectivity index (χ2n) is 7.31. The summed E-state index contributed by atoms with van der Waals surface area (Å²) in [6.07, 6.45) is 0. The third kappa shape index (κ3) is 4.75. The van der Waals surface area contributed by atoms with Crippen LogP contribution in [0.5, 0.6) is 0 Å². The molecule has 0 unspecified atom stereocenters. The van der Waals surface area contributed by atoms with Crippen LogP contribution in [0.4, 0.5) is 11.4 Å². The maximum atomic E-state index is 12.5. The van der Waals surface area contributed by atoms with Crippen LogP contribution in [0.15, 0.2) is 48.5 Å². The number of aromatic nitrogens is 1. The smallest absolute Gasteiger partial charge is 0.238 e. The van der Waals surface area contributed by atoms with E-state index in [1.807, 2.05) is 54.4 Å². The van der Waals surface area contributed by atoms with E-state index < -0.39 is 0 Å². The third-order valence-corrected chi connectivity index (χ3v) is 6.46. The van der Waals surface area contributed by atoms with Gasteiger partial charge in [0, 0.05) is 24.5 Å². The molecule has 4 rings (SSSR count). The van der Waals surface area contributed by atoms with Gasteiger partial charge in [-0.1, -0.05) is 12.1 Å². The summed E-state index contributed by atoms with van der Waals surface area (Å²) >= 11 is 1.68. The Morgan fingerprint density at radius 2 is 1.93 bits per heavy atom. The fraction of sp³-hybridized carbons (Fsp3) is 0.364. The van der Waals surface area contributed by atoms with Gasteiger partial charge in [0.2, 0.25) is 5.91 Å². The topological polar surface area (TPSA) is 57.7 Å². The van der Waals surface area contributed by atoms with Crippen molar-refractivity contribution in [1.82, 2.24) is 9.88 Å². The number of amides is 1. The average Bonchev–Trinajstić information content (AvgIpc) is 3.18. The number of benzene rings is 2. The van der Waals surface area contributed by atoms with Crippen LogP contribution in [0, 0.1) is 0 Å². The van der Waals surface area contributed by atoms with Gasteiger partial charge in [-0.15, -0.1) is 11.3 Å². The number of carbonyl (C=O) groups is 1. The summed E-state index contributed by atoms with van der Waals surface area (Å²) in [5, 5.41) is 4.02. The van der Waals surface area contributed by atoms with Crippen LogP contribution in [0.2, 0.25) is 0 Å². The molecule has 1 N–H and O–H groups in total. The third-order valence-electron chi connectivity index (χ3n) is 5.25. The predicted octanol–water partition coefficient (Wildman–Crippen LogP) is 3.76. The number of fused-ring (bicyclic) bond motifs is 1. The lowest BCUT2D eigenvalue weighted by Gasteiger charge is -2.29. The van der Waals surface area contributed by atoms with E-state index in [4.69, 9.17) is 9.72 Å². The molecule has 1 aromatic heterocycles. The van der Waals surface area contributed by atoms with Crippen molar-refractivity contribution in [1.29, 1.82) is 0 Å². The van der Waals surface area contributed by atoms with Crippen molar-refractivity contribution in [2.24, 2.45) is 0 Å². The van der Waals surface area contributed by atoms with Gasteiger partial charge in [0.25, 0.3) is 0 Å². The lowest BCUT2D eigenvalue weighted by molar-refractivity contribution is -0.117. The molecule has 7 heteroatoms. The van der Waals surface area contributed by atoms with E-state index in [0.717, 1.165) is 48.2 Å². The Labute approximate surface area is 175 Å². The van der Waals surface area contributed by atoms with E-state index in [2.05, 4.69) is 23.2 Å². The number of nitrogens with one attached hydrogen (secondary N) is 1. The van der Waals surface area contributed by atoms with Crippen molar-refractivity contribution in [2.75, 3.05) is 50.1 Å². The Morgan fingerprint density at radius 1 is 1.21 bits per heavy atom. The monoisotopic (exact) mass is 410 g/mol. The Hall–Kier alpha value is -2.48. The van der Waals surface area contributed by atoms with Crippen molar-refractivity contribution in [2.45, 2.75) is 13.0 Å². The summed E-state index contributed by atoms with van der Waals surface area (Å²) in [5.41, 5.74) is 2.98. The minimum absolute atomic E-state index is 0.0282. The van der Waals surface area contributed by atoms with Gasteiger partial charge in [-0.2, -0.15) is 0 Å². The predicted molar refractivity (Wildman–Crippen MR) is 119 cm³/mol. The number of hydrogen-bond acceptors (Lipinski definition) is 6. The van der Waals surface area contributed by atoms with Crippen LogP contribution >= 0.6 is 11.3 Å². The highest BCUT2D eigenvalue weighted by atomic mass is 32.1. The van der Waals surface area contributed by atoms with Gasteiger partial charge in [0.1, 0.15) is 5.01 Å². The van der Waals surface area contributed by atoms with Crippen LogP contribution in [0.25, 0.3) is 10.2 Å². The molecule has 1 atom stereocenters. The second-order valence-corrected chi connectivity index (χ2v) is 8.37. The van der Waals surface area contributed by atoms with E-state index in [9.17, 15) is 4.79 Å². The molecule has 1 fully saturated rings.